The molecule has 0 saturated carbocycles. The highest BCUT2D eigenvalue weighted by Gasteiger charge is 2.23. The first kappa shape index (κ1) is 17.5. The first-order valence-corrected chi connectivity index (χ1v) is 7.66. The molecule has 2 N–H and O–H groups in total. The number of hydrogen-bond donors (Lipinski definition) is 2. The Balaban J connectivity index is 2.10. The second-order valence-electron chi connectivity index (χ2n) is 6.07. The van der Waals surface area contributed by atoms with Gasteiger partial charge in [-0.1, -0.05) is 12.1 Å². The number of ether oxygens (including phenoxy) is 1. The molecular weight excluding hydrogens is 304 g/mol. The summed E-state index contributed by atoms with van der Waals surface area (Å²) in [7, 11) is 1.62. The van der Waals surface area contributed by atoms with Crippen LogP contribution in [0.15, 0.2) is 48.5 Å². The average Bonchev–Trinajstić information content (AvgIpc) is 2.54. The summed E-state index contributed by atoms with van der Waals surface area (Å²) in [4.78, 5) is 23.5. The number of nitrogens with one attached hydrogen (secondary N) is 2. The van der Waals surface area contributed by atoms with Crippen LogP contribution in [-0.4, -0.2) is 18.9 Å². The molecule has 0 radical (unpaired) electrons. The Bertz CT molecular complexity index is 719. The third kappa shape index (κ3) is 4.35. The number of rotatable bonds is 5. The van der Waals surface area contributed by atoms with Gasteiger partial charge in [0.15, 0.2) is 0 Å². The van der Waals surface area contributed by atoms with Crippen molar-refractivity contribution in [1.29, 1.82) is 0 Å². The fraction of sp³-hybridized carbons (Fsp3) is 0.263. The fourth-order valence-corrected chi connectivity index (χ4v) is 2.34. The van der Waals surface area contributed by atoms with Crippen LogP contribution in [0.4, 0.5) is 5.69 Å². The van der Waals surface area contributed by atoms with Crippen LogP contribution in [0.5, 0.6) is 5.75 Å². The van der Waals surface area contributed by atoms with Crippen molar-refractivity contribution < 1.29 is 14.3 Å². The summed E-state index contributed by atoms with van der Waals surface area (Å²) in [5.41, 5.74) is 1.64. The number of anilines is 1. The summed E-state index contributed by atoms with van der Waals surface area (Å²) in [5, 5.41) is 5.69. The monoisotopic (exact) mass is 326 g/mol. The highest BCUT2D eigenvalue weighted by atomic mass is 16.5. The van der Waals surface area contributed by atoms with Gasteiger partial charge >= 0.3 is 0 Å². The Morgan fingerprint density at radius 1 is 0.958 bits per heavy atom. The van der Waals surface area contributed by atoms with Crippen LogP contribution >= 0.6 is 0 Å². The zero-order valence-electron chi connectivity index (χ0n) is 14.3. The number of carbonyl (C=O) groups is 2. The first-order chi connectivity index (χ1) is 11.3. The van der Waals surface area contributed by atoms with Gasteiger partial charge in [0.05, 0.1) is 12.6 Å². The van der Waals surface area contributed by atoms with Crippen molar-refractivity contribution in [3.63, 3.8) is 0 Å². The van der Waals surface area contributed by atoms with E-state index in [0.717, 1.165) is 11.3 Å². The van der Waals surface area contributed by atoms with Gasteiger partial charge in [0.2, 0.25) is 5.91 Å². The number of hydrogen-bond acceptors (Lipinski definition) is 3. The van der Waals surface area contributed by atoms with Gasteiger partial charge in [-0.05, 0) is 55.8 Å². The van der Waals surface area contributed by atoms with E-state index in [0.29, 0.717) is 11.3 Å². The van der Waals surface area contributed by atoms with E-state index in [-0.39, 0.29) is 11.8 Å². The number of carbonyl (C=O) groups excluding carboxylic acids is 2. The first-order valence-electron chi connectivity index (χ1n) is 7.66. The van der Waals surface area contributed by atoms with Crippen molar-refractivity contribution >= 4 is 17.5 Å². The predicted octanol–water partition coefficient (Wildman–Crippen LogP) is 3.32. The lowest BCUT2D eigenvalue weighted by Gasteiger charge is -2.27. The molecule has 0 aliphatic carbocycles. The van der Waals surface area contributed by atoms with Crippen LogP contribution < -0.4 is 15.4 Å². The van der Waals surface area contributed by atoms with Crippen LogP contribution in [0.2, 0.25) is 0 Å². The quantitative estimate of drug-likeness (QED) is 0.886. The summed E-state index contributed by atoms with van der Waals surface area (Å²) in [5.74, 6) is 0.451. The smallest absolute Gasteiger partial charge is 0.251 e. The third-order valence-electron chi connectivity index (χ3n) is 3.71. The molecule has 0 fully saturated rings. The van der Waals surface area contributed by atoms with Crippen LogP contribution in [0.3, 0.4) is 0 Å². The highest BCUT2D eigenvalue weighted by Crippen LogP contribution is 2.23. The maximum Gasteiger partial charge on any atom is 0.251 e. The standard InChI is InChI=1S/C19H22N2O3/c1-13(22)20-16-9-5-14(6-10-16)18(23)21-19(2,3)15-7-11-17(24-4)12-8-15/h5-12H,1-4H3,(H,20,22)(H,21,23). The van der Waals surface area contributed by atoms with Gasteiger partial charge in [-0.15, -0.1) is 0 Å². The maximum absolute atomic E-state index is 12.5. The van der Waals surface area contributed by atoms with Crippen LogP contribution in [0.1, 0.15) is 36.7 Å². The molecule has 0 saturated heterocycles. The maximum atomic E-state index is 12.5. The lowest BCUT2D eigenvalue weighted by Crippen LogP contribution is -2.40. The predicted molar refractivity (Wildman–Crippen MR) is 94.2 cm³/mol. The normalized spacial score (nSPS) is 10.8. The Kier molecular flexibility index (Phi) is 5.24. The molecule has 0 bridgehead atoms. The third-order valence-corrected chi connectivity index (χ3v) is 3.71. The van der Waals surface area contributed by atoms with Gasteiger partial charge in [-0.25, -0.2) is 0 Å². The number of methoxy groups -OCH3 is 1. The van der Waals surface area contributed by atoms with Gasteiger partial charge in [-0.3, -0.25) is 9.59 Å². The molecule has 2 amide bonds. The topological polar surface area (TPSA) is 67.4 Å². The lowest BCUT2D eigenvalue weighted by atomic mass is 9.93. The highest BCUT2D eigenvalue weighted by molar-refractivity contribution is 5.96. The van der Waals surface area contributed by atoms with E-state index in [1.807, 2.05) is 38.1 Å². The molecular formula is C19H22N2O3. The summed E-state index contributed by atoms with van der Waals surface area (Å²) < 4.78 is 5.15. The summed E-state index contributed by atoms with van der Waals surface area (Å²) in [6, 6.07) is 14.4. The molecule has 126 valence electrons. The largest absolute Gasteiger partial charge is 0.497 e. The van der Waals surface area contributed by atoms with E-state index in [1.165, 1.54) is 6.92 Å². The van der Waals surface area contributed by atoms with Crippen molar-refractivity contribution in [2.24, 2.45) is 0 Å². The molecule has 0 aromatic heterocycles. The fourth-order valence-electron chi connectivity index (χ4n) is 2.34. The molecule has 5 nitrogen and oxygen atoms in total. The molecule has 0 aliphatic heterocycles. The second kappa shape index (κ2) is 7.17. The molecule has 0 aliphatic rings. The molecule has 0 heterocycles. The van der Waals surface area contributed by atoms with Crippen LogP contribution in [-0.2, 0) is 10.3 Å². The molecule has 2 aromatic rings. The number of benzene rings is 2. The molecule has 5 heteroatoms. The van der Waals surface area contributed by atoms with E-state index in [2.05, 4.69) is 10.6 Å². The van der Waals surface area contributed by atoms with Gasteiger partial charge < -0.3 is 15.4 Å². The average molecular weight is 326 g/mol. The molecule has 2 rings (SSSR count). The summed E-state index contributed by atoms with van der Waals surface area (Å²) in [6.45, 7) is 5.33. The van der Waals surface area contributed by atoms with Gasteiger partial charge in [0.25, 0.3) is 5.91 Å². The summed E-state index contributed by atoms with van der Waals surface area (Å²) in [6.07, 6.45) is 0. The zero-order valence-corrected chi connectivity index (χ0v) is 14.3. The minimum Gasteiger partial charge on any atom is -0.497 e. The van der Waals surface area contributed by atoms with Crippen molar-refractivity contribution in [1.82, 2.24) is 5.32 Å². The van der Waals surface area contributed by atoms with Crippen LogP contribution in [0, 0.1) is 0 Å². The van der Waals surface area contributed by atoms with E-state index < -0.39 is 5.54 Å². The van der Waals surface area contributed by atoms with Crippen LogP contribution in [0.25, 0.3) is 0 Å². The van der Waals surface area contributed by atoms with Crippen molar-refractivity contribution in [2.45, 2.75) is 26.3 Å². The van der Waals surface area contributed by atoms with Crippen molar-refractivity contribution in [2.75, 3.05) is 12.4 Å². The molecule has 2 aromatic carbocycles. The lowest BCUT2D eigenvalue weighted by molar-refractivity contribution is -0.114. The Morgan fingerprint density at radius 3 is 2.04 bits per heavy atom. The van der Waals surface area contributed by atoms with Crippen molar-refractivity contribution in [3.8, 4) is 5.75 Å². The van der Waals surface area contributed by atoms with Gasteiger partial charge in [0, 0.05) is 18.2 Å². The molecule has 0 spiro atoms. The van der Waals surface area contributed by atoms with Gasteiger partial charge in [-0.2, -0.15) is 0 Å². The minimum atomic E-state index is -0.528. The molecule has 0 unspecified atom stereocenters. The Morgan fingerprint density at radius 2 is 1.54 bits per heavy atom. The van der Waals surface area contributed by atoms with E-state index in [1.54, 1.807) is 31.4 Å². The van der Waals surface area contributed by atoms with E-state index in [4.69, 9.17) is 4.74 Å². The second-order valence-corrected chi connectivity index (χ2v) is 6.07. The van der Waals surface area contributed by atoms with E-state index in [9.17, 15) is 9.59 Å². The number of amides is 2. The molecule has 24 heavy (non-hydrogen) atoms. The minimum absolute atomic E-state index is 0.146. The van der Waals surface area contributed by atoms with Crippen molar-refractivity contribution in [3.05, 3.63) is 59.7 Å². The van der Waals surface area contributed by atoms with E-state index >= 15 is 0 Å². The Labute approximate surface area is 142 Å². The SMILES string of the molecule is COc1ccc(C(C)(C)NC(=O)c2ccc(NC(C)=O)cc2)cc1. The molecule has 0 atom stereocenters. The zero-order chi connectivity index (χ0) is 17.7. The summed E-state index contributed by atoms with van der Waals surface area (Å²) >= 11 is 0. The Hall–Kier alpha value is -2.82. The van der Waals surface area contributed by atoms with Gasteiger partial charge in [0.1, 0.15) is 5.75 Å².